The second-order valence-corrected chi connectivity index (χ2v) is 5.51. The summed E-state index contributed by atoms with van der Waals surface area (Å²) in [5, 5.41) is 0. The van der Waals surface area contributed by atoms with Gasteiger partial charge in [0.2, 0.25) is 11.9 Å². The lowest BCUT2D eigenvalue weighted by Crippen LogP contribution is -2.45. The van der Waals surface area contributed by atoms with Crippen LogP contribution in [0, 0.1) is 6.42 Å². The highest BCUT2D eigenvalue weighted by atomic mass is 19.4. The highest BCUT2D eigenvalue weighted by molar-refractivity contribution is 5.87. The molecule has 0 aliphatic carbocycles. The molecule has 0 N–H and O–H groups in total. The zero-order valence-electron chi connectivity index (χ0n) is 11.9. The molecule has 5 nitrogen and oxygen atoms in total. The molecule has 0 saturated carbocycles. The molecule has 2 aliphatic rings. The Balaban J connectivity index is 1.60. The van der Waals surface area contributed by atoms with Crippen molar-refractivity contribution in [2.24, 2.45) is 0 Å². The average molecular weight is 313 g/mol. The first kappa shape index (κ1) is 15.1. The lowest BCUT2D eigenvalue weighted by Gasteiger charge is -2.36. The number of aromatic nitrogens is 2. The number of hydrogen-bond donors (Lipinski definition) is 0. The van der Waals surface area contributed by atoms with Gasteiger partial charge < -0.3 is 9.80 Å². The first-order valence-electron chi connectivity index (χ1n) is 7.23. The molecule has 119 valence electrons. The van der Waals surface area contributed by atoms with Gasteiger partial charge in [0.05, 0.1) is 12.0 Å². The number of carbonyl (C=O) groups excluding carboxylic acids is 1. The molecule has 0 atom stereocenters. The molecule has 3 rings (SSSR count). The molecule has 1 radical (unpaired) electrons. The van der Waals surface area contributed by atoms with Crippen molar-refractivity contribution in [2.75, 3.05) is 24.5 Å². The number of likely N-dealkylation sites (tertiary alicyclic amines) is 1. The number of nitrogens with zero attached hydrogens (tertiary/aromatic N) is 4. The molecule has 2 aliphatic heterocycles. The van der Waals surface area contributed by atoms with Gasteiger partial charge in [-0.3, -0.25) is 4.79 Å². The molecule has 1 amide bonds. The Bertz CT molecular complexity index is 538. The lowest BCUT2D eigenvalue weighted by molar-refractivity contribution is -0.138. The van der Waals surface area contributed by atoms with Gasteiger partial charge in [-0.05, 0) is 19.3 Å². The van der Waals surface area contributed by atoms with E-state index in [0.29, 0.717) is 19.0 Å². The quantitative estimate of drug-likeness (QED) is 0.837. The van der Waals surface area contributed by atoms with Crippen LogP contribution in [-0.2, 0) is 11.0 Å². The highest BCUT2D eigenvalue weighted by Gasteiger charge is 2.33. The largest absolute Gasteiger partial charge is 0.419 e. The van der Waals surface area contributed by atoms with E-state index in [1.54, 1.807) is 6.42 Å². The van der Waals surface area contributed by atoms with Crippen LogP contribution in [0.25, 0.3) is 0 Å². The number of hydrogen-bond acceptors (Lipinski definition) is 4. The van der Waals surface area contributed by atoms with E-state index in [1.807, 2.05) is 9.80 Å². The maximum atomic E-state index is 12.5. The summed E-state index contributed by atoms with van der Waals surface area (Å²) in [5.41, 5.74) is -0.843. The smallest absolute Gasteiger partial charge is 0.341 e. The van der Waals surface area contributed by atoms with Crippen molar-refractivity contribution in [1.82, 2.24) is 14.9 Å². The molecular formula is C14H16F3N4O. The molecule has 1 aromatic heterocycles. The number of carbonyl (C=O) groups is 1. The Morgan fingerprint density at radius 2 is 1.73 bits per heavy atom. The number of piperidine rings is 1. The molecule has 8 heteroatoms. The standard InChI is InChI=1S/C14H16F3N4O/c15-14(16,17)10-8-18-13(19-9-10)20-6-3-11(4-7-20)21-5-1-2-12(21)22/h2,8-9,11H,1,3-7H2. The minimum atomic E-state index is -4.42. The second kappa shape index (κ2) is 5.73. The third kappa shape index (κ3) is 3.00. The number of amides is 1. The summed E-state index contributed by atoms with van der Waals surface area (Å²) < 4.78 is 37.5. The first-order chi connectivity index (χ1) is 10.4. The van der Waals surface area contributed by atoms with E-state index < -0.39 is 11.7 Å². The van der Waals surface area contributed by atoms with Gasteiger partial charge in [-0.25, -0.2) is 9.97 Å². The zero-order valence-corrected chi connectivity index (χ0v) is 11.9. The lowest BCUT2D eigenvalue weighted by atomic mass is 10.0. The molecule has 0 bridgehead atoms. The molecule has 0 spiro atoms. The minimum Gasteiger partial charge on any atom is -0.341 e. The number of halogens is 3. The van der Waals surface area contributed by atoms with Gasteiger partial charge in [-0.2, -0.15) is 13.2 Å². The number of anilines is 1. The Hall–Kier alpha value is -1.86. The highest BCUT2D eigenvalue weighted by Crippen LogP contribution is 2.29. The van der Waals surface area contributed by atoms with Crippen LogP contribution in [0.15, 0.2) is 12.4 Å². The second-order valence-electron chi connectivity index (χ2n) is 5.51. The van der Waals surface area contributed by atoms with Crippen molar-refractivity contribution < 1.29 is 18.0 Å². The van der Waals surface area contributed by atoms with Crippen molar-refractivity contribution in [3.63, 3.8) is 0 Å². The minimum absolute atomic E-state index is 0.0873. The van der Waals surface area contributed by atoms with Crippen LogP contribution in [0.5, 0.6) is 0 Å². The zero-order chi connectivity index (χ0) is 15.7. The Kier molecular flexibility index (Phi) is 3.92. The van der Waals surface area contributed by atoms with E-state index in [2.05, 4.69) is 9.97 Å². The molecule has 0 unspecified atom stereocenters. The van der Waals surface area contributed by atoms with E-state index >= 15 is 0 Å². The van der Waals surface area contributed by atoms with Crippen molar-refractivity contribution in [3.05, 3.63) is 24.4 Å². The molecular weight excluding hydrogens is 297 g/mol. The van der Waals surface area contributed by atoms with Gasteiger partial charge in [-0.1, -0.05) is 0 Å². The SMILES string of the molecule is O=C1[CH]CCN1C1CCN(c2ncc(C(F)(F)F)cn2)CC1. The van der Waals surface area contributed by atoms with Crippen molar-refractivity contribution in [2.45, 2.75) is 31.5 Å². The van der Waals surface area contributed by atoms with Crippen LogP contribution in [0.2, 0.25) is 0 Å². The molecule has 0 aromatic carbocycles. The Morgan fingerprint density at radius 1 is 1.09 bits per heavy atom. The fourth-order valence-corrected chi connectivity index (χ4v) is 2.93. The Labute approximate surface area is 126 Å². The van der Waals surface area contributed by atoms with Crippen molar-refractivity contribution in [1.29, 1.82) is 0 Å². The van der Waals surface area contributed by atoms with E-state index in [0.717, 1.165) is 38.2 Å². The summed E-state index contributed by atoms with van der Waals surface area (Å²) in [4.78, 5) is 23.1. The Morgan fingerprint density at radius 3 is 2.23 bits per heavy atom. The van der Waals surface area contributed by atoms with Crippen LogP contribution in [0.3, 0.4) is 0 Å². The summed E-state index contributed by atoms with van der Waals surface area (Å²) in [6, 6.07) is 0.206. The molecule has 22 heavy (non-hydrogen) atoms. The van der Waals surface area contributed by atoms with Crippen LogP contribution in [0.1, 0.15) is 24.8 Å². The summed E-state index contributed by atoms with van der Waals surface area (Å²) in [5.74, 6) is 0.398. The fraction of sp³-hybridized carbons (Fsp3) is 0.571. The van der Waals surface area contributed by atoms with E-state index in [9.17, 15) is 18.0 Å². The predicted molar refractivity (Wildman–Crippen MR) is 72.9 cm³/mol. The number of rotatable bonds is 2. The van der Waals surface area contributed by atoms with Gasteiger partial charge in [0, 0.05) is 38.1 Å². The summed E-state index contributed by atoms with van der Waals surface area (Å²) >= 11 is 0. The van der Waals surface area contributed by atoms with Gasteiger partial charge in [0.25, 0.3) is 0 Å². The predicted octanol–water partition coefficient (Wildman–Crippen LogP) is 1.90. The van der Waals surface area contributed by atoms with Crippen LogP contribution in [-0.4, -0.2) is 46.5 Å². The van der Waals surface area contributed by atoms with Gasteiger partial charge in [-0.15, -0.1) is 0 Å². The fourth-order valence-electron chi connectivity index (χ4n) is 2.93. The summed E-state index contributed by atoms with van der Waals surface area (Å²) in [7, 11) is 0. The van der Waals surface area contributed by atoms with Gasteiger partial charge in [0.1, 0.15) is 0 Å². The van der Waals surface area contributed by atoms with E-state index in [4.69, 9.17) is 0 Å². The van der Waals surface area contributed by atoms with Crippen LogP contribution < -0.4 is 4.90 Å². The average Bonchev–Trinajstić information content (AvgIpc) is 2.93. The third-order valence-electron chi connectivity index (χ3n) is 4.13. The van der Waals surface area contributed by atoms with E-state index in [-0.39, 0.29) is 11.9 Å². The van der Waals surface area contributed by atoms with Crippen LogP contribution in [0.4, 0.5) is 19.1 Å². The topological polar surface area (TPSA) is 49.3 Å². The maximum absolute atomic E-state index is 12.5. The van der Waals surface area contributed by atoms with Crippen molar-refractivity contribution >= 4 is 11.9 Å². The first-order valence-corrected chi connectivity index (χ1v) is 7.23. The molecule has 1 aromatic rings. The van der Waals surface area contributed by atoms with Crippen molar-refractivity contribution in [3.8, 4) is 0 Å². The monoisotopic (exact) mass is 313 g/mol. The molecule has 2 fully saturated rings. The summed E-state index contributed by atoms with van der Waals surface area (Å²) in [6.07, 6.45) is 1.26. The van der Waals surface area contributed by atoms with Crippen LogP contribution >= 0.6 is 0 Å². The number of alkyl halides is 3. The molecule has 3 heterocycles. The third-order valence-corrected chi connectivity index (χ3v) is 4.13. The maximum Gasteiger partial charge on any atom is 0.419 e. The van der Waals surface area contributed by atoms with Gasteiger partial charge in [0.15, 0.2) is 0 Å². The summed E-state index contributed by atoms with van der Waals surface area (Å²) in [6.45, 7) is 2.04. The van der Waals surface area contributed by atoms with E-state index in [1.165, 1.54) is 0 Å². The van der Waals surface area contributed by atoms with Gasteiger partial charge >= 0.3 is 6.18 Å². The molecule has 2 saturated heterocycles. The normalized spacial score (nSPS) is 20.8.